The van der Waals surface area contributed by atoms with Crippen molar-refractivity contribution in [3.05, 3.63) is 22.4 Å². The lowest BCUT2D eigenvalue weighted by Crippen LogP contribution is -1.84. The molecule has 1 rings (SSSR count). The summed E-state index contributed by atoms with van der Waals surface area (Å²) >= 11 is 5.38. The Bertz CT molecular complexity index is 256. The highest BCUT2D eigenvalue weighted by Crippen LogP contribution is 2.15. The summed E-state index contributed by atoms with van der Waals surface area (Å²) in [7, 11) is 0. The van der Waals surface area contributed by atoms with Crippen molar-refractivity contribution in [3.63, 3.8) is 0 Å². The van der Waals surface area contributed by atoms with Crippen molar-refractivity contribution < 1.29 is 0 Å². The van der Waals surface area contributed by atoms with Crippen molar-refractivity contribution in [1.29, 1.82) is 0 Å². The third-order valence-electron chi connectivity index (χ3n) is 3.39. The summed E-state index contributed by atoms with van der Waals surface area (Å²) in [6, 6.07) is 4.42. The number of thiophene rings is 1. The van der Waals surface area contributed by atoms with Crippen LogP contribution in [0.5, 0.6) is 0 Å². The molecule has 0 nitrogen and oxygen atoms in total. The Morgan fingerprint density at radius 1 is 0.778 bits per heavy atom. The van der Waals surface area contributed by atoms with Gasteiger partial charge in [-0.2, -0.15) is 0 Å². The molecule has 0 amide bonds. The van der Waals surface area contributed by atoms with E-state index in [0.717, 1.165) is 0 Å². The third kappa shape index (κ3) is 9.16. The van der Waals surface area contributed by atoms with Gasteiger partial charge in [-0.3, -0.25) is 0 Å². The van der Waals surface area contributed by atoms with E-state index in [1.54, 1.807) is 4.88 Å². The van der Waals surface area contributed by atoms with Crippen LogP contribution in [0.25, 0.3) is 0 Å². The van der Waals surface area contributed by atoms with Crippen LogP contribution in [0.4, 0.5) is 0 Å². The number of aryl methyl sites for hydroxylation is 1. The Labute approximate surface area is 125 Å². The number of halogens is 1. The highest BCUT2D eigenvalue weighted by molar-refractivity contribution is 9.09. The Morgan fingerprint density at radius 3 is 1.83 bits per heavy atom. The molecule has 0 atom stereocenters. The Hall–Kier alpha value is 0.180. The van der Waals surface area contributed by atoms with E-state index in [4.69, 9.17) is 0 Å². The van der Waals surface area contributed by atoms with Gasteiger partial charge < -0.3 is 0 Å². The maximum Gasteiger partial charge on any atom is 0.00452 e. The second-order valence-corrected chi connectivity index (χ2v) is 6.88. The van der Waals surface area contributed by atoms with Crippen molar-refractivity contribution >= 4 is 27.3 Å². The monoisotopic (exact) mass is 330 g/mol. The molecule has 0 aliphatic rings. The molecule has 0 saturated heterocycles. The van der Waals surface area contributed by atoms with Crippen molar-refractivity contribution in [2.75, 3.05) is 5.33 Å². The average Bonchev–Trinajstić information content (AvgIpc) is 2.89. The van der Waals surface area contributed by atoms with Gasteiger partial charge >= 0.3 is 0 Å². The van der Waals surface area contributed by atoms with Gasteiger partial charge in [-0.25, -0.2) is 0 Å². The van der Waals surface area contributed by atoms with Gasteiger partial charge in [0.05, 0.1) is 0 Å². The molecule has 0 aliphatic heterocycles. The van der Waals surface area contributed by atoms with E-state index in [9.17, 15) is 0 Å². The molecule has 0 N–H and O–H groups in total. The molecule has 0 spiro atoms. The van der Waals surface area contributed by atoms with Crippen LogP contribution in [0, 0.1) is 0 Å². The molecular weight excluding hydrogens is 304 g/mol. The summed E-state index contributed by atoms with van der Waals surface area (Å²) in [5, 5.41) is 3.36. The van der Waals surface area contributed by atoms with Crippen LogP contribution in [-0.2, 0) is 6.42 Å². The minimum absolute atomic E-state index is 1.18. The first-order valence-electron chi connectivity index (χ1n) is 7.52. The van der Waals surface area contributed by atoms with E-state index in [-0.39, 0.29) is 0 Å². The topological polar surface area (TPSA) is 0 Å². The number of hydrogen-bond acceptors (Lipinski definition) is 1. The fraction of sp³-hybridized carbons (Fsp3) is 0.750. The van der Waals surface area contributed by atoms with Gasteiger partial charge in [-0.15, -0.1) is 11.3 Å². The zero-order chi connectivity index (χ0) is 12.9. The Kier molecular flexibility index (Phi) is 11.0. The lowest BCUT2D eigenvalue weighted by Gasteiger charge is -2.02. The minimum Gasteiger partial charge on any atom is -0.149 e. The van der Waals surface area contributed by atoms with E-state index in [1.165, 1.54) is 76.0 Å². The van der Waals surface area contributed by atoms with Crippen LogP contribution in [0.15, 0.2) is 17.5 Å². The second-order valence-electron chi connectivity index (χ2n) is 5.05. The smallest absolute Gasteiger partial charge is 0.00452 e. The number of hydrogen-bond donors (Lipinski definition) is 0. The molecule has 2 heteroatoms. The summed E-state index contributed by atoms with van der Waals surface area (Å²) in [6.07, 6.45) is 15.5. The normalized spacial score (nSPS) is 10.9. The molecular formula is C16H27BrS. The van der Waals surface area contributed by atoms with Gasteiger partial charge in [0.15, 0.2) is 0 Å². The van der Waals surface area contributed by atoms with Gasteiger partial charge in [0.25, 0.3) is 0 Å². The summed E-state index contributed by atoms with van der Waals surface area (Å²) in [6.45, 7) is 0. The lowest BCUT2D eigenvalue weighted by molar-refractivity contribution is 0.558. The predicted octanol–water partition coefficient (Wildman–Crippen LogP) is 6.59. The van der Waals surface area contributed by atoms with Crippen LogP contribution in [0.3, 0.4) is 0 Å². The molecule has 0 radical (unpaired) electrons. The standard InChI is InChI=1S/C16H27BrS/c17-14-10-8-6-4-2-1-3-5-7-9-12-16-13-11-15-18-16/h11,13,15H,1-10,12,14H2. The SMILES string of the molecule is BrCCCCCCCCCCCCc1cccs1. The summed E-state index contributed by atoms with van der Waals surface area (Å²) in [5.41, 5.74) is 0. The first kappa shape index (κ1) is 16.2. The average molecular weight is 331 g/mol. The largest absolute Gasteiger partial charge is 0.149 e. The molecule has 0 saturated carbocycles. The number of unbranched alkanes of at least 4 members (excludes halogenated alkanes) is 9. The molecule has 1 aromatic rings. The molecule has 0 aromatic carbocycles. The van der Waals surface area contributed by atoms with Crippen LogP contribution >= 0.6 is 27.3 Å². The zero-order valence-electron chi connectivity index (χ0n) is 11.5. The number of alkyl halides is 1. The highest BCUT2D eigenvalue weighted by atomic mass is 79.9. The molecule has 0 fully saturated rings. The second kappa shape index (κ2) is 12.2. The lowest BCUT2D eigenvalue weighted by atomic mass is 10.1. The van der Waals surface area contributed by atoms with Crippen molar-refractivity contribution in [1.82, 2.24) is 0 Å². The Morgan fingerprint density at radius 2 is 1.33 bits per heavy atom. The van der Waals surface area contributed by atoms with Crippen LogP contribution in [-0.4, -0.2) is 5.33 Å². The fourth-order valence-electron chi connectivity index (χ4n) is 2.26. The molecule has 0 bridgehead atoms. The van der Waals surface area contributed by atoms with E-state index in [1.807, 2.05) is 11.3 Å². The first-order chi connectivity index (χ1) is 8.93. The minimum atomic E-state index is 1.18. The summed E-state index contributed by atoms with van der Waals surface area (Å²) in [5.74, 6) is 0. The molecule has 1 heterocycles. The number of rotatable bonds is 12. The van der Waals surface area contributed by atoms with Gasteiger partial charge in [0.2, 0.25) is 0 Å². The Balaban J connectivity index is 1.73. The van der Waals surface area contributed by atoms with Crippen molar-refractivity contribution in [2.45, 2.75) is 70.6 Å². The summed E-state index contributed by atoms with van der Waals surface area (Å²) < 4.78 is 0. The first-order valence-corrected chi connectivity index (χ1v) is 9.52. The van der Waals surface area contributed by atoms with Crippen molar-refractivity contribution in [3.8, 4) is 0 Å². The van der Waals surface area contributed by atoms with Crippen LogP contribution in [0.1, 0.15) is 69.1 Å². The van der Waals surface area contributed by atoms with Gasteiger partial charge in [0, 0.05) is 10.2 Å². The van der Waals surface area contributed by atoms with Gasteiger partial charge in [0.1, 0.15) is 0 Å². The van der Waals surface area contributed by atoms with Crippen molar-refractivity contribution in [2.24, 2.45) is 0 Å². The molecule has 0 unspecified atom stereocenters. The van der Waals surface area contributed by atoms with E-state index < -0.39 is 0 Å². The maximum absolute atomic E-state index is 3.48. The highest BCUT2D eigenvalue weighted by Gasteiger charge is 1.95. The predicted molar refractivity (Wildman–Crippen MR) is 88.0 cm³/mol. The third-order valence-corrected chi connectivity index (χ3v) is 4.88. The summed E-state index contributed by atoms with van der Waals surface area (Å²) in [4.78, 5) is 1.56. The van der Waals surface area contributed by atoms with Crippen LogP contribution in [0.2, 0.25) is 0 Å². The fourth-order valence-corrected chi connectivity index (χ4v) is 3.41. The molecule has 1 aromatic heterocycles. The zero-order valence-corrected chi connectivity index (χ0v) is 13.9. The molecule has 0 aliphatic carbocycles. The van der Waals surface area contributed by atoms with Gasteiger partial charge in [-0.05, 0) is 30.7 Å². The van der Waals surface area contributed by atoms with E-state index in [2.05, 4.69) is 33.4 Å². The maximum atomic E-state index is 3.48. The van der Waals surface area contributed by atoms with E-state index in [0.29, 0.717) is 0 Å². The van der Waals surface area contributed by atoms with E-state index >= 15 is 0 Å². The quantitative estimate of drug-likeness (QED) is 0.299. The van der Waals surface area contributed by atoms with Gasteiger partial charge in [-0.1, -0.05) is 73.4 Å². The molecule has 104 valence electrons. The van der Waals surface area contributed by atoms with Crippen LogP contribution < -0.4 is 0 Å². The molecule has 18 heavy (non-hydrogen) atoms.